The van der Waals surface area contributed by atoms with E-state index in [2.05, 4.69) is 69.7 Å². The van der Waals surface area contributed by atoms with Gasteiger partial charge in [0.2, 0.25) is 5.95 Å². The number of ether oxygens (including phenoxy) is 1. The maximum atomic E-state index is 5.56. The molecule has 1 aliphatic rings. The van der Waals surface area contributed by atoms with Crippen molar-refractivity contribution < 1.29 is 4.74 Å². The predicted octanol–water partition coefficient (Wildman–Crippen LogP) is 4.62. The average Bonchev–Trinajstić information content (AvgIpc) is 2.89. The summed E-state index contributed by atoms with van der Waals surface area (Å²) in [7, 11) is 1.73. The number of hydrogen-bond acceptors (Lipinski definition) is 6. The topological polar surface area (TPSA) is 53.5 Å². The number of aromatic nitrogens is 2. The van der Waals surface area contributed by atoms with Gasteiger partial charge in [-0.05, 0) is 36.2 Å². The van der Waals surface area contributed by atoms with Crippen LogP contribution in [0.4, 0.5) is 17.5 Å². The molecule has 6 heteroatoms. The summed E-state index contributed by atoms with van der Waals surface area (Å²) in [5.41, 5.74) is 3.43. The lowest BCUT2D eigenvalue weighted by Gasteiger charge is -2.36. The minimum atomic E-state index is 0.788. The SMILES string of the molecule is COc1ccccc1N1CCN(c2nc(NCCc3ccccc3)c3ccccc3n2)CC1. The molecule has 0 atom stereocenters. The zero-order chi connectivity index (χ0) is 22.5. The van der Waals surface area contributed by atoms with E-state index in [0.29, 0.717) is 0 Å². The van der Waals surface area contributed by atoms with Crippen molar-refractivity contribution in [3.05, 3.63) is 84.4 Å². The molecule has 0 spiro atoms. The van der Waals surface area contributed by atoms with Crippen molar-refractivity contribution in [2.24, 2.45) is 0 Å². The number of nitrogens with zero attached hydrogens (tertiary/aromatic N) is 4. The van der Waals surface area contributed by atoms with Gasteiger partial charge < -0.3 is 19.9 Å². The van der Waals surface area contributed by atoms with Crippen LogP contribution in [0.15, 0.2) is 78.9 Å². The Hall–Kier alpha value is -3.80. The zero-order valence-corrected chi connectivity index (χ0v) is 18.9. The van der Waals surface area contributed by atoms with Gasteiger partial charge in [-0.25, -0.2) is 4.98 Å². The van der Waals surface area contributed by atoms with Crippen LogP contribution in [0, 0.1) is 0 Å². The van der Waals surface area contributed by atoms with Crippen molar-refractivity contribution >= 4 is 28.4 Å². The number of nitrogens with one attached hydrogen (secondary N) is 1. The predicted molar refractivity (Wildman–Crippen MR) is 136 cm³/mol. The van der Waals surface area contributed by atoms with E-state index in [1.165, 1.54) is 5.56 Å². The highest BCUT2D eigenvalue weighted by molar-refractivity contribution is 5.90. The summed E-state index contributed by atoms with van der Waals surface area (Å²) in [4.78, 5) is 14.5. The Balaban J connectivity index is 1.32. The number of hydrogen-bond donors (Lipinski definition) is 1. The van der Waals surface area contributed by atoms with Crippen LogP contribution < -0.4 is 19.9 Å². The molecule has 0 aliphatic carbocycles. The standard InChI is InChI=1S/C27H29N5O/c1-33-25-14-8-7-13-24(25)31-17-19-32(20-18-31)27-29-23-12-6-5-11-22(23)26(30-27)28-16-15-21-9-3-2-4-10-21/h2-14H,15-20H2,1H3,(H,28,29,30). The van der Waals surface area contributed by atoms with E-state index in [9.17, 15) is 0 Å². The molecule has 1 fully saturated rings. The second-order valence-corrected chi connectivity index (χ2v) is 8.20. The number of anilines is 3. The van der Waals surface area contributed by atoms with Crippen LogP contribution in [0.1, 0.15) is 5.56 Å². The molecule has 5 rings (SSSR count). The number of para-hydroxylation sites is 3. The molecule has 0 radical (unpaired) electrons. The highest BCUT2D eigenvalue weighted by Gasteiger charge is 2.22. The summed E-state index contributed by atoms with van der Waals surface area (Å²) >= 11 is 0. The lowest BCUT2D eigenvalue weighted by molar-refractivity contribution is 0.413. The molecule has 0 saturated carbocycles. The van der Waals surface area contributed by atoms with E-state index in [1.807, 2.05) is 24.3 Å². The molecule has 4 aromatic rings. The van der Waals surface area contributed by atoms with E-state index in [0.717, 1.165) is 73.3 Å². The van der Waals surface area contributed by atoms with E-state index in [1.54, 1.807) is 7.11 Å². The van der Waals surface area contributed by atoms with E-state index in [4.69, 9.17) is 14.7 Å². The van der Waals surface area contributed by atoms with Crippen LogP contribution in [0.3, 0.4) is 0 Å². The van der Waals surface area contributed by atoms with Crippen LogP contribution in [0.2, 0.25) is 0 Å². The summed E-state index contributed by atoms with van der Waals surface area (Å²) in [6.45, 7) is 4.34. The Morgan fingerprint density at radius 3 is 2.30 bits per heavy atom. The first-order valence-electron chi connectivity index (χ1n) is 11.5. The average molecular weight is 440 g/mol. The highest BCUT2D eigenvalue weighted by atomic mass is 16.5. The van der Waals surface area contributed by atoms with Gasteiger partial charge in [-0.1, -0.05) is 54.6 Å². The van der Waals surface area contributed by atoms with Gasteiger partial charge >= 0.3 is 0 Å². The van der Waals surface area contributed by atoms with Gasteiger partial charge in [0.1, 0.15) is 11.6 Å². The molecular formula is C27H29N5O. The summed E-state index contributed by atoms with van der Waals surface area (Å²) < 4.78 is 5.56. The smallest absolute Gasteiger partial charge is 0.228 e. The molecule has 3 aromatic carbocycles. The molecule has 2 heterocycles. The minimum Gasteiger partial charge on any atom is -0.495 e. The Bertz CT molecular complexity index is 1210. The van der Waals surface area contributed by atoms with Crippen molar-refractivity contribution in [1.29, 1.82) is 0 Å². The number of benzene rings is 3. The molecular weight excluding hydrogens is 410 g/mol. The second-order valence-electron chi connectivity index (χ2n) is 8.20. The van der Waals surface area contributed by atoms with E-state index >= 15 is 0 Å². The van der Waals surface area contributed by atoms with E-state index in [-0.39, 0.29) is 0 Å². The Labute approximate surface area is 194 Å². The minimum absolute atomic E-state index is 0.788. The van der Waals surface area contributed by atoms with Crippen LogP contribution in [0.5, 0.6) is 5.75 Å². The van der Waals surface area contributed by atoms with Crippen LogP contribution in [0.25, 0.3) is 10.9 Å². The largest absolute Gasteiger partial charge is 0.495 e. The first-order valence-corrected chi connectivity index (χ1v) is 11.5. The van der Waals surface area contributed by atoms with Gasteiger partial charge in [0.05, 0.1) is 18.3 Å². The van der Waals surface area contributed by atoms with Crippen LogP contribution in [-0.4, -0.2) is 49.8 Å². The van der Waals surface area contributed by atoms with Gasteiger partial charge in [0, 0.05) is 38.1 Å². The fraction of sp³-hybridized carbons (Fsp3) is 0.259. The lowest BCUT2D eigenvalue weighted by atomic mass is 10.1. The molecule has 168 valence electrons. The molecule has 33 heavy (non-hydrogen) atoms. The molecule has 1 N–H and O–H groups in total. The number of piperazine rings is 1. The van der Waals surface area contributed by atoms with Crippen molar-refractivity contribution in [3.8, 4) is 5.75 Å². The molecule has 1 saturated heterocycles. The normalized spacial score (nSPS) is 13.8. The Kier molecular flexibility index (Phi) is 6.24. The maximum Gasteiger partial charge on any atom is 0.228 e. The van der Waals surface area contributed by atoms with Gasteiger partial charge in [0.15, 0.2) is 0 Å². The van der Waals surface area contributed by atoms with Gasteiger partial charge in [0.25, 0.3) is 0 Å². The first kappa shape index (κ1) is 21.1. The second kappa shape index (κ2) is 9.77. The van der Waals surface area contributed by atoms with Crippen molar-refractivity contribution in [3.63, 3.8) is 0 Å². The number of methoxy groups -OCH3 is 1. The molecule has 0 unspecified atom stereocenters. The molecule has 0 bridgehead atoms. The molecule has 0 amide bonds. The van der Waals surface area contributed by atoms with Crippen LogP contribution in [-0.2, 0) is 6.42 Å². The number of rotatable bonds is 7. The third-order valence-corrected chi connectivity index (χ3v) is 6.13. The van der Waals surface area contributed by atoms with Crippen molar-refractivity contribution in [2.45, 2.75) is 6.42 Å². The third kappa shape index (κ3) is 4.70. The van der Waals surface area contributed by atoms with Crippen LogP contribution >= 0.6 is 0 Å². The highest BCUT2D eigenvalue weighted by Crippen LogP contribution is 2.29. The fourth-order valence-corrected chi connectivity index (χ4v) is 4.35. The summed E-state index contributed by atoms with van der Waals surface area (Å²) in [5.74, 6) is 2.60. The first-order chi connectivity index (χ1) is 16.3. The van der Waals surface area contributed by atoms with Gasteiger partial charge in [-0.2, -0.15) is 4.98 Å². The third-order valence-electron chi connectivity index (χ3n) is 6.13. The monoisotopic (exact) mass is 439 g/mol. The molecule has 1 aliphatic heterocycles. The summed E-state index contributed by atoms with van der Waals surface area (Å²) in [6, 6.07) is 27.0. The Morgan fingerprint density at radius 2 is 1.48 bits per heavy atom. The zero-order valence-electron chi connectivity index (χ0n) is 18.9. The summed E-state index contributed by atoms with van der Waals surface area (Å²) in [5, 5.41) is 4.62. The van der Waals surface area contributed by atoms with Crippen molar-refractivity contribution in [1.82, 2.24) is 9.97 Å². The maximum absolute atomic E-state index is 5.56. The Morgan fingerprint density at radius 1 is 0.788 bits per heavy atom. The van der Waals surface area contributed by atoms with Gasteiger partial charge in [-0.15, -0.1) is 0 Å². The summed E-state index contributed by atoms with van der Waals surface area (Å²) in [6.07, 6.45) is 0.950. The lowest BCUT2D eigenvalue weighted by Crippen LogP contribution is -2.47. The van der Waals surface area contributed by atoms with Gasteiger partial charge in [-0.3, -0.25) is 0 Å². The molecule has 6 nitrogen and oxygen atoms in total. The molecule has 1 aromatic heterocycles. The number of fused-ring (bicyclic) bond motifs is 1. The quantitative estimate of drug-likeness (QED) is 0.454. The van der Waals surface area contributed by atoms with E-state index < -0.39 is 0 Å². The fourth-order valence-electron chi connectivity index (χ4n) is 4.35. The van der Waals surface area contributed by atoms with Crippen molar-refractivity contribution in [2.75, 3.05) is 55.0 Å².